The average Bonchev–Trinajstić information content (AvgIpc) is 2.07. The summed E-state index contributed by atoms with van der Waals surface area (Å²) in [7, 11) is 1.59. The Labute approximate surface area is 85.7 Å². The van der Waals surface area contributed by atoms with Crippen LogP contribution in [-0.2, 0) is 9.53 Å². The van der Waals surface area contributed by atoms with Gasteiger partial charge < -0.3 is 9.64 Å². The van der Waals surface area contributed by atoms with Crippen molar-refractivity contribution in [1.82, 2.24) is 4.90 Å². The van der Waals surface area contributed by atoms with Gasteiger partial charge in [-0.25, -0.2) is 0 Å². The van der Waals surface area contributed by atoms with Gasteiger partial charge in [0.05, 0.1) is 6.04 Å². The predicted molar refractivity (Wildman–Crippen MR) is 56.0 cm³/mol. The van der Waals surface area contributed by atoms with Crippen molar-refractivity contribution in [2.24, 2.45) is 5.41 Å². The van der Waals surface area contributed by atoms with E-state index in [1.54, 1.807) is 13.2 Å². The lowest BCUT2D eigenvalue weighted by atomic mass is 9.76. The first kappa shape index (κ1) is 11.2. The maximum atomic E-state index is 11.6. The Morgan fingerprint density at radius 3 is 2.50 bits per heavy atom. The number of methoxy groups -OCH3 is 1. The molecule has 0 aromatic heterocycles. The van der Waals surface area contributed by atoms with Crippen LogP contribution in [0.3, 0.4) is 0 Å². The fraction of sp³-hybridized carbons (Fsp3) is 0.727. The summed E-state index contributed by atoms with van der Waals surface area (Å²) >= 11 is 0. The van der Waals surface area contributed by atoms with Crippen LogP contribution in [0.4, 0.5) is 0 Å². The third-order valence-electron chi connectivity index (χ3n) is 2.62. The molecule has 3 nitrogen and oxygen atoms in total. The van der Waals surface area contributed by atoms with Crippen molar-refractivity contribution >= 4 is 5.91 Å². The number of β-lactam (4-membered cyclic amide) rings is 1. The standard InChI is InChI=1S/C11H19NO2/c1-6-7-12-9(11(2,3)4)8(14-5)10(12)13/h6,8-9H,1,7H2,2-5H3/t8-,9-/m0/s1. The molecule has 1 amide bonds. The molecule has 0 aromatic rings. The SMILES string of the molecule is C=CCN1C(=O)[C@@H](OC)[C@H]1C(C)(C)C. The second-order valence-electron chi connectivity index (χ2n) is 4.75. The minimum Gasteiger partial charge on any atom is -0.369 e. The highest BCUT2D eigenvalue weighted by Gasteiger charge is 2.52. The highest BCUT2D eigenvalue weighted by atomic mass is 16.5. The van der Waals surface area contributed by atoms with Crippen LogP contribution >= 0.6 is 0 Å². The Bertz CT molecular complexity index is 242. The molecule has 2 atom stereocenters. The summed E-state index contributed by atoms with van der Waals surface area (Å²) in [6, 6.07) is 0.165. The van der Waals surface area contributed by atoms with Crippen molar-refractivity contribution < 1.29 is 9.53 Å². The summed E-state index contributed by atoms with van der Waals surface area (Å²) in [5.41, 5.74) is 0.0532. The van der Waals surface area contributed by atoms with Gasteiger partial charge in [-0.05, 0) is 5.41 Å². The predicted octanol–water partition coefficient (Wildman–Crippen LogP) is 1.44. The third-order valence-corrected chi connectivity index (χ3v) is 2.62. The number of nitrogens with zero attached hydrogens (tertiary/aromatic N) is 1. The van der Waals surface area contributed by atoms with E-state index in [1.807, 2.05) is 4.90 Å². The highest BCUT2D eigenvalue weighted by molar-refractivity contribution is 5.88. The van der Waals surface area contributed by atoms with Gasteiger partial charge in [-0.3, -0.25) is 4.79 Å². The second kappa shape index (κ2) is 3.73. The van der Waals surface area contributed by atoms with Crippen LogP contribution in [0, 0.1) is 5.41 Å². The third kappa shape index (κ3) is 1.69. The molecule has 0 aliphatic carbocycles. The lowest BCUT2D eigenvalue weighted by Crippen LogP contribution is -2.69. The molecule has 0 spiro atoms. The number of carbonyl (C=O) groups excluding carboxylic acids is 1. The van der Waals surface area contributed by atoms with E-state index in [-0.39, 0.29) is 23.5 Å². The van der Waals surface area contributed by atoms with Crippen molar-refractivity contribution in [3.8, 4) is 0 Å². The lowest BCUT2D eigenvalue weighted by Gasteiger charge is -2.52. The van der Waals surface area contributed by atoms with Gasteiger partial charge in [-0.2, -0.15) is 0 Å². The summed E-state index contributed by atoms with van der Waals surface area (Å²) in [5, 5.41) is 0. The summed E-state index contributed by atoms with van der Waals surface area (Å²) < 4.78 is 5.19. The van der Waals surface area contributed by atoms with Crippen LogP contribution in [0.5, 0.6) is 0 Å². The van der Waals surface area contributed by atoms with E-state index in [0.29, 0.717) is 6.54 Å². The van der Waals surface area contributed by atoms with E-state index in [4.69, 9.17) is 4.74 Å². The van der Waals surface area contributed by atoms with Crippen molar-refractivity contribution in [3.05, 3.63) is 12.7 Å². The van der Waals surface area contributed by atoms with Gasteiger partial charge in [-0.15, -0.1) is 6.58 Å². The summed E-state index contributed by atoms with van der Waals surface area (Å²) in [6.07, 6.45) is 1.48. The van der Waals surface area contributed by atoms with Crippen molar-refractivity contribution in [2.75, 3.05) is 13.7 Å². The fourth-order valence-electron chi connectivity index (χ4n) is 2.01. The zero-order valence-electron chi connectivity index (χ0n) is 9.41. The van der Waals surface area contributed by atoms with E-state index in [1.165, 1.54) is 0 Å². The first-order chi connectivity index (χ1) is 6.43. The largest absolute Gasteiger partial charge is 0.369 e. The Kier molecular flexibility index (Phi) is 3.00. The fourth-order valence-corrected chi connectivity index (χ4v) is 2.01. The molecule has 80 valence electrons. The molecular weight excluding hydrogens is 178 g/mol. The quantitative estimate of drug-likeness (QED) is 0.506. The Balaban J connectivity index is 2.78. The van der Waals surface area contributed by atoms with Crippen LogP contribution in [0.2, 0.25) is 0 Å². The van der Waals surface area contributed by atoms with E-state index in [0.717, 1.165) is 0 Å². The van der Waals surface area contributed by atoms with Crippen LogP contribution in [-0.4, -0.2) is 36.6 Å². The van der Waals surface area contributed by atoms with Gasteiger partial charge in [0.25, 0.3) is 5.91 Å². The van der Waals surface area contributed by atoms with Gasteiger partial charge in [-0.1, -0.05) is 26.8 Å². The zero-order chi connectivity index (χ0) is 10.9. The van der Waals surface area contributed by atoms with Gasteiger partial charge in [0.15, 0.2) is 6.10 Å². The molecule has 3 heteroatoms. The van der Waals surface area contributed by atoms with Gasteiger partial charge in [0, 0.05) is 13.7 Å². The van der Waals surface area contributed by atoms with Crippen LogP contribution in [0.25, 0.3) is 0 Å². The molecule has 0 saturated carbocycles. The molecule has 0 aromatic carbocycles. The van der Waals surface area contributed by atoms with E-state index < -0.39 is 0 Å². The number of likely N-dealkylation sites (tertiary alicyclic amines) is 1. The van der Waals surface area contributed by atoms with Crippen LogP contribution < -0.4 is 0 Å². The molecule has 0 radical (unpaired) electrons. The van der Waals surface area contributed by atoms with Crippen LogP contribution in [0.15, 0.2) is 12.7 Å². The molecule has 14 heavy (non-hydrogen) atoms. The molecule has 1 aliphatic heterocycles. The minimum absolute atomic E-state index is 0.0532. The molecule has 1 saturated heterocycles. The van der Waals surface area contributed by atoms with Gasteiger partial charge in [0.1, 0.15) is 0 Å². The number of hydrogen-bond acceptors (Lipinski definition) is 2. The molecular formula is C11H19NO2. The summed E-state index contributed by atoms with van der Waals surface area (Å²) in [4.78, 5) is 13.4. The number of amides is 1. The van der Waals surface area contributed by atoms with Gasteiger partial charge in [0.2, 0.25) is 0 Å². The topological polar surface area (TPSA) is 29.5 Å². The van der Waals surface area contributed by atoms with Crippen molar-refractivity contribution in [2.45, 2.75) is 32.9 Å². The summed E-state index contributed by atoms with van der Waals surface area (Å²) in [6.45, 7) is 10.6. The Morgan fingerprint density at radius 1 is 1.57 bits per heavy atom. The molecule has 1 fully saturated rings. The van der Waals surface area contributed by atoms with E-state index >= 15 is 0 Å². The first-order valence-corrected chi connectivity index (χ1v) is 4.87. The zero-order valence-corrected chi connectivity index (χ0v) is 9.41. The lowest BCUT2D eigenvalue weighted by molar-refractivity contribution is -0.179. The number of rotatable bonds is 3. The monoisotopic (exact) mass is 197 g/mol. The molecule has 0 bridgehead atoms. The van der Waals surface area contributed by atoms with Crippen LogP contribution in [0.1, 0.15) is 20.8 Å². The normalized spacial score (nSPS) is 27.4. The smallest absolute Gasteiger partial charge is 0.254 e. The van der Waals surface area contributed by atoms with Crippen molar-refractivity contribution in [3.63, 3.8) is 0 Å². The Morgan fingerprint density at radius 2 is 2.14 bits per heavy atom. The molecule has 0 unspecified atom stereocenters. The first-order valence-electron chi connectivity index (χ1n) is 4.87. The number of carbonyl (C=O) groups is 1. The molecule has 1 rings (SSSR count). The average molecular weight is 197 g/mol. The molecule has 0 N–H and O–H groups in total. The summed E-state index contributed by atoms with van der Waals surface area (Å²) in [5.74, 6) is 0.0762. The van der Waals surface area contributed by atoms with E-state index in [2.05, 4.69) is 27.4 Å². The maximum absolute atomic E-state index is 11.6. The number of hydrogen-bond donors (Lipinski definition) is 0. The molecule has 1 aliphatic rings. The second-order valence-corrected chi connectivity index (χ2v) is 4.75. The van der Waals surface area contributed by atoms with E-state index in [9.17, 15) is 4.79 Å². The highest BCUT2D eigenvalue weighted by Crippen LogP contribution is 2.36. The van der Waals surface area contributed by atoms with Crippen molar-refractivity contribution in [1.29, 1.82) is 0 Å². The molecule has 1 heterocycles. The number of ether oxygens (including phenoxy) is 1. The Hall–Kier alpha value is -0.830. The van der Waals surface area contributed by atoms with Gasteiger partial charge >= 0.3 is 0 Å². The maximum Gasteiger partial charge on any atom is 0.254 e. The minimum atomic E-state index is -0.269.